The molecule has 30 heavy (non-hydrogen) atoms. The molecule has 0 bridgehead atoms. The van der Waals surface area contributed by atoms with Crippen molar-refractivity contribution in [1.82, 2.24) is 15.6 Å². The van der Waals surface area contributed by atoms with Crippen molar-refractivity contribution < 1.29 is 9.47 Å². The topological polar surface area (TPSA) is 71.0 Å². The fourth-order valence-electron chi connectivity index (χ4n) is 3.86. The van der Waals surface area contributed by atoms with Gasteiger partial charge in [-0.05, 0) is 42.2 Å². The lowest BCUT2D eigenvalue weighted by atomic mass is 10.1. The van der Waals surface area contributed by atoms with Crippen LogP contribution < -0.4 is 20.3 Å². The van der Waals surface area contributed by atoms with E-state index in [9.17, 15) is 0 Å². The van der Waals surface area contributed by atoms with Gasteiger partial charge >= 0.3 is 0 Å². The molecule has 0 aliphatic carbocycles. The Morgan fingerprint density at radius 1 is 1.20 bits per heavy atom. The van der Waals surface area contributed by atoms with Crippen LogP contribution >= 0.6 is 0 Å². The second kappa shape index (κ2) is 9.80. The van der Waals surface area contributed by atoms with Crippen LogP contribution in [0.2, 0.25) is 0 Å². The molecule has 2 N–H and O–H groups in total. The summed E-state index contributed by atoms with van der Waals surface area (Å²) in [6.45, 7) is 6.94. The first-order valence-electron chi connectivity index (χ1n) is 10.7. The molecule has 7 nitrogen and oxygen atoms in total. The van der Waals surface area contributed by atoms with Crippen molar-refractivity contribution in [3.05, 3.63) is 53.2 Å². The number of nitrogens with zero attached hydrogens (tertiary/aromatic N) is 3. The summed E-state index contributed by atoms with van der Waals surface area (Å²) < 4.78 is 11.2. The molecular formula is C23H31N5O2. The molecule has 2 aliphatic heterocycles. The highest BCUT2D eigenvalue weighted by Gasteiger charge is 2.17. The molecule has 3 heterocycles. The quantitative estimate of drug-likeness (QED) is 0.563. The summed E-state index contributed by atoms with van der Waals surface area (Å²) >= 11 is 0. The van der Waals surface area contributed by atoms with E-state index in [1.54, 1.807) is 7.05 Å². The van der Waals surface area contributed by atoms with E-state index in [4.69, 9.17) is 9.47 Å². The van der Waals surface area contributed by atoms with E-state index in [-0.39, 0.29) is 6.10 Å². The Balaban J connectivity index is 1.22. The maximum absolute atomic E-state index is 5.61. The van der Waals surface area contributed by atoms with Gasteiger partial charge < -0.3 is 25.0 Å². The Kier molecular flexibility index (Phi) is 6.69. The molecular weight excluding hydrogens is 378 g/mol. The second-order valence-electron chi connectivity index (χ2n) is 7.80. The predicted octanol–water partition coefficient (Wildman–Crippen LogP) is 2.15. The number of hydrogen-bond donors (Lipinski definition) is 2. The summed E-state index contributed by atoms with van der Waals surface area (Å²) in [5.41, 5.74) is 3.76. The van der Waals surface area contributed by atoms with Gasteiger partial charge in [0.1, 0.15) is 11.6 Å². The lowest BCUT2D eigenvalue weighted by molar-refractivity contribution is 0.0529. The zero-order valence-electron chi connectivity index (χ0n) is 17.9. The lowest BCUT2D eigenvalue weighted by Crippen LogP contribution is -2.41. The van der Waals surface area contributed by atoms with Crippen molar-refractivity contribution in [2.75, 3.05) is 44.8 Å². The van der Waals surface area contributed by atoms with Crippen LogP contribution in [0.4, 0.5) is 5.82 Å². The summed E-state index contributed by atoms with van der Waals surface area (Å²) in [5, 5.41) is 6.75. The Morgan fingerprint density at radius 3 is 2.90 bits per heavy atom. The minimum Gasteiger partial charge on any atom is -0.493 e. The van der Waals surface area contributed by atoms with Crippen LogP contribution in [0.5, 0.6) is 5.75 Å². The molecule has 0 radical (unpaired) electrons. The van der Waals surface area contributed by atoms with Gasteiger partial charge in [-0.2, -0.15) is 0 Å². The number of morpholine rings is 1. The fourth-order valence-corrected chi connectivity index (χ4v) is 3.86. The number of anilines is 1. The highest BCUT2D eigenvalue weighted by Crippen LogP contribution is 2.25. The number of aromatic nitrogens is 1. The molecule has 2 aromatic rings. The fraction of sp³-hybridized carbons (Fsp3) is 0.478. The number of nitrogens with one attached hydrogen (secondary N) is 2. The lowest BCUT2D eigenvalue weighted by Gasteiger charge is -2.32. The van der Waals surface area contributed by atoms with E-state index in [1.807, 2.05) is 6.20 Å². The van der Waals surface area contributed by atoms with Gasteiger partial charge in [-0.15, -0.1) is 0 Å². The number of pyridine rings is 1. The minimum absolute atomic E-state index is 0.251. The molecule has 0 spiro atoms. The Labute approximate surface area is 178 Å². The highest BCUT2D eigenvalue weighted by atomic mass is 16.5. The van der Waals surface area contributed by atoms with Crippen molar-refractivity contribution in [3.8, 4) is 5.75 Å². The zero-order chi connectivity index (χ0) is 20.8. The molecule has 160 valence electrons. The van der Waals surface area contributed by atoms with Crippen molar-refractivity contribution in [2.24, 2.45) is 4.99 Å². The third kappa shape index (κ3) is 5.21. The molecule has 1 unspecified atom stereocenters. The molecule has 2 aliphatic rings. The molecule has 4 rings (SSSR count). The van der Waals surface area contributed by atoms with Gasteiger partial charge in [-0.1, -0.05) is 18.2 Å². The summed E-state index contributed by atoms with van der Waals surface area (Å²) in [6.07, 6.45) is 4.14. The van der Waals surface area contributed by atoms with E-state index >= 15 is 0 Å². The first kappa shape index (κ1) is 20.5. The number of aliphatic imine (C=N–C) groups is 1. The number of guanidine groups is 1. The smallest absolute Gasteiger partial charge is 0.191 e. The summed E-state index contributed by atoms with van der Waals surface area (Å²) in [4.78, 5) is 11.2. The van der Waals surface area contributed by atoms with Crippen LogP contribution in [-0.4, -0.2) is 56.9 Å². The SMILES string of the molecule is CN=C(NCCc1ccc2c(c1)CCO2)NCc1ccc(N2CCOC(C)C2)nc1. The summed E-state index contributed by atoms with van der Waals surface area (Å²) in [5.74, 6) is 2.84. The number of benzene rings is 1. The van der Waals surface area contributed by atoms with Crippen LogP contribution in [0.3, 0.4) is 0 Å². The number of ether oxygens (including phenoxy) is 2. The van der Waals surface area contributed by atoms with Gasteiger partial charge in [0.15, 0.2) is 5.96 Å². The van der Waals surface area contributed by atoms with Crippen LogP contribution in [0.25, 0.3) is 0 Å². The number of fused-ring (bicyclic) bond motifs is 1. The maximum atomic E-state index is 5.61. The standard InChI is InChI=1S/C23H31N5O2/c1-17-16-28(10-12-29-17)22-6-4-19(14-26-22)15-27-23(24-2)25-9-7-18-3-5-21-20(13-18)8-11-30-21/h3-6,13-14,17H,7-12,15-16H2,1-2H3,(H2,24,25,27). The average Bonchev–Trinajstić information content (AvgIpc) is 3.24. The largest absolute Gasteiger partial charge is 0.493 e. The van der Waals surface area contributed by atoms with Gasteiger partial charge in [0.25, 0.3) is 0 Å². The second-order valence-corrected chi connectivity index (χ2v) is 7.80. The van der Waals surface area contributed by atoms with E-state index in [0.717, 1.165) is 68.8 Å². The van der Waals surface area contributed by atoms with Crippen LogP contribution in [-0.2, 0) is 24.1 Å². The molecule has 1 fully saturated rings. The van der Waals surface area contributed by atoms with Crippen LogP contribution in [0.1, 0.15) is 23.6 Å². The van der Waals surface area contributed by atoms with Gasteiger partial charge in [0.05, 0.1) is 19.3 Å². The Morgan fingerprint density at radius 2 is 2.10 bits per heavy atom. The third-order valence-corrected chi connectivity index (χ3v) is 5.52. The third-order valence-electron chi connectivity index (χ3n) is 5.52. The Hall–Kier alpha value is -2.80. The molecule has 0 amide bonds. The molecule has 0 saturated carbocycles. The van der Waals surface area contributed by atoms with Crippen LogP contribution in [0, 0.1) is 0 Å². The van der Waals surface area contributed by atoms with E-state index < -0.39 is 0 Å². The minimum atomic E-state index is 0.251. The predicted molar refractivity (Wildman–Crippen MR) is 119 cm³/mol. The molecule has 7 heteroatoms. The van der Waals surface area contributed by atoms with E-state index in [2.05, 4.69) is 62.8 Å². The van der Waals surface area contributed by atoms with Crippen LogP contribution in [0.15, 0.2) is 41.5 Å². The van der Waals surface area contributed by atoms with E-state index in [1.165, 1.54) is 11.1 Å². The first-order valence-corrected chi connectivity index (χ1v) is 10.7. The van der Waals surface area contributed by atoms with Gasteiger partial charge in [-0.25, -0.2) is 4.98 Å². The number of rotatable bonds is 6. The number of hydrogen-bond acceptors (Lipinski definition) is 5. The summed E-state index contributed by atoms with van der Waals surface area (Å²) in [6, 6.07) is 10.7. The zero-order valence-corrected chi connectivity index (χ0v) is 17.9. The first-order chi connectivity index (χ1) is 14.7. The average molecular weight is 410 g/mol. The van der Waals surface area contributed by atoms with Gasteiger partial charge in [0.2, 0.25) is 0 Å². The van der Waals surface area contributed by atoms with Gasteiger partial charge in [-0.3, -0.25) is 4.99 Å². The normalized spacial score (nSPS) is 18.7. The molecule has 1 saturated heterocycles. The van der Waals surface area contributed by atoms with E-state index in [0.29, 0.717) is 6.54 Å². The highest BCUT2D eigenvalue weighted by molar-refractivity contribution is 5.79. The van der Waals surface area contributed by atoms with Crippen molar-refractivity contribution in [1.29, 1.82) is 0 Å². The maximum Gasteiger partial charge on any atom is 0.191 e. The van der Waals surface area contributed by atoms with Crippen molar-refractivity contribution >= 4 is 11.8 Å². The molecule has 1 aromatic carbocycles. The Bertz CT molecular complexity index is 868. The summed E-state index contributed by atoms with van der Waals surface area (Å²) in [7, 11) is 1.79. The van der Waals surface area contributed by atoms with Gasteiger partial charge in [0, 0.05) is 45.8 Å². The molecule has 1 aromatic heterocycles. The van der Waals surface area contributed by atoms with Crippen molar-refractivity contribution in [2.45, 2.75) is 32.4 Å². The monoisotopic (exact) mass is 409 g/mol. The molecule has 1 atom stereocenters. The van der Waals surface area contributed by atoms with Crippen molar-refractivity contribution in [3.63, 3.8) is 0 Å².